The Bertz CT molecular complexity index is 1010. The number of aromatic nitrogens is 1. The SMILES string of the molecule is C=C(C)CN=c1scc(-c2ccccc2)n1N=C(C)c1ccccc1O. The van der Waals surface area contributed by atoms with Gasteiger partial charge in [-0.05, 0) is 26.0 Å². The highest BCUT2D eigenvalue weighted by atomic mass is 32.1. The van der Waals surface area contributed by atoms with E-state index in [-0.39, 0.29) is 5.75 Å². The topological polar surface area (TPSA) is 49.9 Å². The van der Waals surface area contributed by atoms with Crippen LogP contribution in [0.2, 0.25) is 0 Å². The molecule has 132 valence electrons. The molecule has 0 bridgehead atoms. The minimum absolute atomic E-state index is 0.214. The van der Waals surface area contributed by atoms with E-state index in [1.165, 1.54) is 11.3 Å². The van der Waals surface area contributed by atoms with Crippen molar-refractivity contribution in [1.82, 2.24) is 4.68 Å². The fourth-order valence-corrected chi connectivity index (χ4v) is 3.33. The van der Waals surface area contributed by atoms with Crippen molar-refractivity contribution in [3.05, 3.63) is 82.5 Å². The Kier molecular flexibility index (Phi) is 5.49. The van der Waals surface area contributed by atoms with Gasteiger partial charge in [-0.1, -0.05) is 54.6 Å². The van der Waals surface area contributed by atoms with E-state index in [1.807, 2.05) is 66.4 Å². The van der Waals surface area contributed by atoms with Crippen molar-refractivity contribution in [3.63, 3.8) is 0 Å². The van der Waals surface area contributed by atoms with Gasteiger partial charge in [0.2, 0.25) is 4.80 Å². The fraction of sp³-hybridized carbons (Fsp3) is 0.143. The lowest BCUT2D eigenvalue weighted by atomic mass is 10.1. The Morgan fingerprint density at radius 1 is 1.08 bits per heavy atom. The summed E-state index contributed by atoms with van der Waals surface area (Å²) in [5.74, 6) is 0.214. The van der Waals surface area contributed by atoms with Crippen molar-refractivity contribution in [2.75, 3.05) is 6.54 Å². The molecule has 2 aromatic carbocycles. The second-order valence-electron chi connectivity index (χ2n) is 6.06. The van der Waals surface area contributed by atoms with Crippen LogP contribution in [0.4, 0.5) is 0 Å². The maximum atomic E-state index is 10.1. The van der Waals surface area contributed by atoms with Crippen LogP contribution in [0.1, 0.15) is 19.4 Å². The normalized spacial score (nSPS) is 12.4. The zero-order chi connectivity index (χ0) is 18.5. The molecule has 0 atom stereocenters. The molecule has 1 aromatic heterocycles. The molecule has 0 spiro atoms. The van der Waals surface area contributed by atoms with Gasteiger partial charge in [0, 0.05) is 16.5 Å². The monoisotopic (exact) mass is 363 g/mol. The highest BCUT2D eigenvalue weighted by Gasteiger charge is 2.10. The van der Waals surface area contributed by atoms with Gasteiger partial charge in [-0.3, -0.25) is 4.99 Å². The maximum absolute atomic E-state index is 10.1. The van der Waals surface area contributed by atoms with Crippen LogP contribution in [0.25, 0.3) is 11.3 Å². The number of hydrogen-bond acceptors (Lipinski definition) is 4. The Labute approximate surface area is 157 Å². The number of benzene rings is 2. The van der Waals surface area contributed by atoms with E-state index in [4.69, 9.17) is 5.10 Å². The number of thiazole rings is 1. The van der Waals surface area contributed by atoms with E-state index in [0.29, 0.717) is 12.1 Å². The summed E-state index contributed by atoms with van der Waals surface area (Å²) in [6.45, 7) is 8.31. The number of phenolic OH excluding ortho intramolecular Hbond substituents is 1. The average Bonchev–Trinajstić information content (AvgIpc) is 3.03. The maximum Gasteiger partial charge on any atom is 0.206 e. The smallest absolute Gasteiger partial charge is 0.206 e. The van der Waals surface area contributed by atoms with Crippen LogP contribution in [0.3, 0.4) is 0 Å². The quantitative estimate of drug-likeness (QED) is 0.520. The van der Waals surface area contributed by atoms with E-state index >= 15 is 0 Å². The average molecular weight is 363 g/mol. The van der Waals surface area contributed by atoms with Crippen LogP contribution in [0.15, 0.2) is 82.2 Å². The second kappa shape index (κ2) is 7.97. The van der Waals surface area contributed by atoms with Gasteiger partial charge >= 0.3 is 0 Å². The lowest BCUT2D eigenvalue weighted by molar-refractivity contribution is 0.474. The number of hydrogen-bond donors (Lipinski definition) is 1. The van der Waals surface area contributed by atoms with Gasteiger partial charge in [-0.2, -0.15) is 5.10 Å². The van der Waals surface area contributed by atoms with Crippen molar-refractivity contribution in [2.45, 2.75) is 13.8 Å². The molecular weight excluding hydrogens is 342 g/mol. The molecule has 4 nitrogen and oxygen atoms in total. The Morgan fingerprint density at radius 3 is 2.46 bits per heavy atom. The predicted molar refractivity (Wildman–Crippen MR) is 109 cm³/mol. The van der Waals surface area contributed by atoms with Gasteiger partial charge in [0.05, 0.1) is 18.0 Å². The molecule has 1 heterocycles. The Morgan fingerprint density at radius 2 is 1.77 bits per heavy atom. The van der Waals surface area contributed by atoms with E-state index in [1.54, 1.807) is 12.1 Å². The fourth-order valence-electron chi connectivity index (χ4n) is 2.50. The van der Waals surface area contributed by atoms with Gasteiger partial charge in [0.1, 0.15) is 5.75 Å². The molecule has 0 amide bonds. The van der Waals surface area contributed by atoms with Gasteiger partial charge in [-0.25, -0.2) is 4.68 Å². The minimum Gasteiger partial charge on any atom is -0.507 e. The lowest BCUT2D eigenvalue weighted by Crippen LogP contribution is -2.15. The highest BCUT2D eigenvalue weighted by Crippen LogP contribution is 2.21. The molecule has 0 aliphatic carbocycles. The first-order chi connectivity index (χ1) is 12.6. The zero-order valence-electron chi connectivity index (χ0n) is 14.9. The summed E-state index contributed by atoms with van der Waals surface area (Å²) in [4.78, 5) is 5.43. The second-order valence-corrected chi connectivity index (χ2v) is 6.89. The van der Waals surface area contributed by atoms with Crippen LogP contribution in [0.5, 0.6) is 5.75 Å². The molecule has 26 heavy (non-hydrogen) atoms. The molecule has 0 saturated heterocycles. The third kappa shape index (κ3) is 4.00. The summed E-state index contributed by atoms with van der Waals surface area (Å²) in [5.41, 5.74) is 4.44. The largest absolute Gasteiger partial charge is 0.507 e. The standard InChI is InChI=1S/C21H21N3OS/c1-15(2)13-22-21-24(19(14-26-21)17-9-5-4-6-10-17)23-16(3)18-11-7-8-12-20(18)25/h4-12,14,25H,1,13H2,2-3H3. The van der Waals surface area contributed by atoms with Crippen LogP contribution in [0, 0.1) is 0 Å². The molecule has 0 saturated carbocycles. The zero-order valence-corrected chi connectivity index (χ0v) is 15.7. The van der Waals surface area contributed by atoms with Crippen molar-refractivity contribution in [1.29, 1.82) is 0 Å². The summed E-state index contributed by atoms with van der Waals surface area (Å²) in [6, 6.07) is 17.3. The number of aromatic hydroxyl groups is 1. The molecule has 0 aliphatic heterocycles. The molecular formula is C21H21N3OS. The number of phenols is 1. The van der Waals surface area contributed by atoms with Crippen LogP contribution in [-0.2, 0) is 0 Å². The van der Waals surface area contributed by atoms with Gasteiger partial charge in [0.15, 0.2) is 0 Å². The molecule has 5 heteroatoms. The number of rotatable bonds is 5. The van der Waals surface area contributed by atoms with E-state index in [2.05, 4.69) is 11.6 Å². The van der Waals surface area contributed by atoms with Crippen LogP contribution >= 0.6 is 11.3 Å². The molecule has 0 radical (unpaired) electrons. The molecule has 1 N–H and O–H groups in total. The van der Waals surface area contributed by atoms with Crippen molar-refractivity contribution in [2.24, 2.45) is 10.1 Å². The molecule has 0 unspecified atom stereocenters. The highest BCUT2D eigenvalue weighted by molar-refractivity contribution is 7.07. The third-order valence-corrected chi connectivity index (χ3v) is 4.64. The lowest BCUT2D eigenvalue weighted by Gasteiger charge is -2.07. The first-order valence-corrected chi connectivity index (χ1v) is 9.19. The van der Waals surface area contributed by atoms with E-state index < -0.39 is 0 Å². The van der Waals surface area contributed by atoms with Gasteiger partial charge in [-0.15, -0.1) is 11.3 Å². The Balaban J connectivity index is 2.16. The first kappa shape index (κ1) is 17.9. The van der Waals surface area contributed by atoms with E-state index in [9.17, 15) is 5.11 Å². The summed E-state index contributed by atoms with van der Waals surface area (Å²) < 4.78 is 1.84. The van der Waals surface area contributed by atoms with E-state index in [0.717, 1.165) is 27.3 Å². The summed E-state index contributed by atoms with van der Waals surface area (Å²) >= 11 is 1.54. The first-order valence-electron chi connectivity index (χ1n) is 8.31. The molecule has 3 aromatic rings. The number of para-hydroxylation sites is 1. The molecule has 0 fully saturated rings. The number of nitrogens with zero attached hydrogens (tertiary/aromatic N) is 3. The molecule has 3 rings (SSSR count). The third-order valence-electron chi connectivity index (χ3n) is 3.78. The summed E-state index contributed by atoms with van der Waals surface area (Å²) in [7, 11) is 0. The molecule has 0 aliphatic rings. The van der Waals surface area contributed by atoms with Gasteiger partial charge < -0.3 is 5.11 Å². The van der Waals surface area contributed by atoms with Gasteiger partial charge in [0.25, 0.3) is 0 Å². The summed E-state index contributed by atoms with van der Waals surface area (Å²) in [5, 5.41) is 16.9. The van der Waals surface area contributed by atoms with Crippen molar-refractivity contribution >= 4 is 17.0 Å². The predicted octanol–water partition coefficient (Wildman–Crippen LogP) is 4.67. The van der Waals surface area contributed by atoms with Crippen LogP contribution < -0.4 is 4.80 Å². The summed E-state index contributed by atoms with van der Waals surface area (Å²) in [6.07, 6.45) is 0. The van der Waals surface area contributed by atoms with Crippen molar-refractivity contribution < 1.29 is 5.11 Å². The van der Waals surface area contributed by atoms with Crippen molar-refractivity contribution in [3.8, 4) is 17.0 Å². The minimum atomic E-state index is 0.214. The Hall–Kier alpha value is -2.92. The van der Waals surface area contributed by atoms with Crippen LogP contribution in [-0.4, -0.2) is 22.0 Å².